The van der Waals surface area contributed by atoms with Crippen LogP contribution in [0.5, 0.6) is 0 Å². The number of aryl methyl sites for hydroxylation is 1. The molecule has 1 heterocycles. The summed E-state index contributed by atoms with van der Waals surface area (Å²) in [6.45, 7) is 2.08. The Kier molecular flexibility index (Phi) is 3.91. The number of sulfonamides is 1. The second kappa shape index (κ2) is 5.30. The maximum absolute atomic E-state index is 12.5. The van der Waals surface area contributed by atoms with E-state index in [1.807, 2.05) is 13.0 Å². The Balaban J connectivity index is 2.40. The van der Waals surface area contributed by atoms with Crippen molar-refractivity contribution in [3.05, 3.63) is 29.8 Å². The van der Waals surface area contributed by atoms with E-state index in [-0.39, 0.29) is 11.4 Å². The van der Waals surface area contributed by atoms with Crippen molar-refractivity contribution in [3.63, 3.8) is 0 Å². The van der Waals surface area contributed by atoms with Crippen LogP contribution < -0.4 is 0 Å². The van der Waals surface area contributed by atoms with Gasteiger partial charge in [0.2, 0.25) is 10.0 Å². The Morgan fingerprint density at radius 1 is 1.37 bits per heavy atom. The second-order valence-corrected chi connectivity index (χ2v) is 6.67. The van der Waals surface area contributed by atoms with E-state index in [2.05, 4.69) is 0 Å². The highest BCUT2D eigenvalue weighted by Crippen LogP contribution is 2.25. The fourth-order valence-corrected chi connectivity index (χ4v) is 4.11. The summed E-state index contributed by atoms with van der Waals surface area (Å²) >= 11 is 0. The fourth-order valence-electron chi connectivity index (χ4n) is 2.35. The summed E-state index contributed by atoms with van der Waals surface area (Å²) in [5, 5.41) is 9.17. The minimum atomic E-state index is -3.73. The van der Waals surface area contributed by atoms with Gasteiger partial charge in [0.05, 0.1) is 4.90 Å². The SMILES string of the molecule is Cc1cccc(S(=O)(=O)N2CCCC[C@@H]2C(=O)O)c1. The summed E-state index contributed by atoms with van der Waals surface area (Å²) in [4.78, 5) is 11.4. The van der Waals surface area contributed by atoms with E-state index in [4.69, 9.17) is 5.11 Å². The number of carbonyl (C=O) groups is 1. The van der Waals surface area contributed by atoms with E-state index in [1.165, 1.54) is 6.07 Å². The van der Waals surface area contributed by atoms with Gasteiger partial charge in [-0.3, -0.25) is 4.79 Å². The molecule has 1 aliphatic rings. The minimum absolute atomic E-state index is 0.167. The Hall–Kier alpha value is -1.40. The first kappa shape index (κ1) is 14.0. The highest BCUT2D eigenvalue weighted by molar-refractivity contribution is 7.89. The molecule has 0 bridgehead atoms. The molecule has 1 aliphatic heterocycles. The van der Waals surface area contributed by atoms with Gasteiger partial charge >= 0.3 is 5.97 Å². The van der Waals surface area contributed by atoms with Gasteiger partial charge in [0.15, 0.2) is 0 Å². The number of rotatable bonds is 3. The van der Waals surface area contributed by atoms with Gasteiger partial charge in [-0.15, -0.1) is 0 Å². The molecule has 5 nitrogen and oxygen atoms in total. The van der Waals surface area contributed by atoms with E-state index >= 15 is 0 Å². The van der Waals surface area contributed by atoms with E-state index in [0.717, 1.165) is 16.3 Å². The highest BCUT2D eigenvalue weighted by Gasteiger charge is 2.37. The van der Waals surface area contributed by atoms with Gasteiger partial charge in [0, 0.05) is 6.54 Å². The molecule has 19 heavy (non-hydrogen) atoms. The Bertz CT molecular complexity index is 582. The first-order valence-electron chi connectivity index (χ1n) is 6.24. The Morgan fingerprint density at radius 2 is 2.11 bits per heavy atom. The first-order valence-corrected chi connectivity index (χ1v) is 7.68. The predicted molar refractivity (Wildman–Crippen MR) is 70.3 cm³/mol. The molecule has 2 rings (SSSR count). The second-order valence-electron chi connectivity index (χ2n) is 4.78. The fraction of sp³-hybridized carbons (Fsp3) is 0.462. The van der Waals surface area contributed by atoms with Crippen LogP contribution in [0.25, 0.3) is 0 Å². The van der Waals surface area contributed by atoms with Crippen molar-refractivity contribution >= 4 is 16.0 Å². The number of carboxylic acid groups (broad SMARTS) is 1. The molecule has 1 N–H and O–H groups in total. The summed E-state index contributed by atoms with van der Waals surface area (Å²) in [6.07, 6.45) is 1.83. The highest BCUT2D eigenvalue weighted by atomic mass is 32.2. The third-order valence-corrected chi connectivity index (χ3v) is 5.24. The molecule has 1 saturated heterocycles. The summed E-state index contributed by atoms with van der Waals surface area (Å²) in [5.41, 5.74) is 0.838. The van der Waals surface area contributed by atoms with Gasteiger partial charge in [-0.25, -0.2) is 8.42 Å². The van der Waals surface area contributed by atoms with Crippen molar-refractivity contribution in [3.8, 4) is 0 Å². The largest absolute Gasteiger partial charge is 0.480 e. The summed E-state index contributed by atoms with van der Waals surface area (Å²) in [6, 6.07) is 5.61. The van der Waals surface area contributed by atoms with Crippen LogP contribution in [0.4, 0.5) is 0 Å². The molecular formula is C13H17NO4S. The molecule has 1 atom stereocenters. The lowest BCUT2D eigenvalue weighted by atomic mass is 10.1. The number of hydrogen-bond donors (Lipinski definition) is 1. The van der Waals surface area contributed by atoms with E-state index in [9.17, 15) is 13.2 Å². The van der Waals surface area contributed by atoms with Crippen LogP contribution in [-0.2, 0) is 14.8 Å². The van der Waals surface area contributed by atoms with E-state index in [0.29, 0.717) is 12.8 Å². The standard InChI is InChI=1S/C13H17NO4S/c1-10-5-4-6-11(9-10)19(17,18)14-8-3-2-7-12(14)13(15)16/h4-6,9,12H,2-3,7-8H2,1H3,(H,15,16)/t12-/m1/s1. The van der Waals surface area contributed by atoms with E-state index in [1.54, 1.807) is 12.1 Å². The third-order valence-electron chi connectivity index (χ3n) is 3.33. The van der Waals surface area contributed by atoms with Crippen LogP contribution >= 0.6 is 0 Å². The molecule has 6 heteroatoms. The molecular weight excluding hydrogens is 266 g/mol. The van der Waals surface area contributed by atoms with Crippen molar-refractivity contribution in [2.24, 2.45) is 0 Å². The zero-order valence-electron chi connectivity index (χ0n) is 10.7. The predicted octanol–water partition coefficient (Wildman–Crippen LogP) is 1.62. The zero-order valence-corrected chi connectivity index (χ0v) is 11.6. The monoisotopic (exact) mass is 283 g/mol. The molecule has 1 fully saturated rings. The van der Waals surface area contributed by atoms with E-state index < -0.39 is 22.0 Å². The lowest BCUT2D eigenvalue weighted by molar-refractivity contribution is -0.142. The summed E-state index contributed by atoms with van der Waals surface area (Å²) < 4.78 is 26.2. The first-order chi connectivity index (χ1) is 8.93. The van der Waals surface area contributed by atoms with Crippen molar-refractivity contribution < 1.29 is 18.3 Å². The maximum atomic E-state index is 12.5. The van der Waals surface area contributed by atoms with Crippen LogP contribution in [0.1, 0.15) is 24.8 Å². The molecule has 1 aromatic carbocycles. The van der Waals surface area contributed by atoms with Gasteiger partial charge in [0.1, 0.15) is 6.04 Å². The number of benzene rings is 1. The molecule has 0 aromatic heterocycles. The van der Waals surface area contributed by atoms with Gasteiger partial charge in [-0.2, -0.15) is 4.31 Å². The number of piperidine rings is 1. The molecule has 104 valence electrons. The maximum Gasteiger partial charge on any atom is 0.322 e. The van der Waals surface area contributed by atoms with Crippen LogP contribution in [0.15, 0.2) is 29.2 Å². The number of aliphatic carboxylic acids is 1. The van der Waals surface area contributed by atoms with Gasteiger partial charge in [0.25, 0.3) is 0 Å². The molecule has 0 saturated carbocycles. The van der Waals surface area contributed by atoms with Gasteiger partial charge in [-0.1, -0.05) is 12.1 Å². The van der Waals surface area contributed by atoms with Gasteiger partial charge < -0.3 is 5.11 Å². The van der Waals surface area contributed by atoms with Crippen molar-refractivity contribution in [2.75, 3.05) is 6.54 Å². The summed E-state index contributed by atoms with van der Waals surface area (Å²) in [5.74, 6) is -1.07. The molecule has 1 aromatic rings. The summed E-state index contributed by atoms with van der Waals surface area (Å²) in [7, 11) is -3.73. The third kappa shape index (κ3) is 2.79. The molecule has 0 amide bonds. The average molecular weight is 283 g/mol. The topological polar surface area (TPSA) is 74.7 Å². The molecule has 0 aliphatic carbocycles. The van der Waals surface area contributed by atoms with Gasteiger partial charge in [-0.05, 0) is 43.9 Å². The van der Waals surface area contributed by atoms with Crippen molar-refractivity contribution in [2.45, 2.75) is 37.1 Å². The Morgan fingerprint density at radius 3 is 2.74 bits per heavy atom. The lowest BCUT2D eigenvalue weighted by Crippen LogP contribution is -2.47. The number of carboxylic acids is 1. The zero-order chi connectivity index (χ0) is 14.0. The average Bonchev–Trinajstić information content (AvgIpc) is 2.38. The minimum Gasteiger partial charge on any atom is -0.480 e. The van der Waals surface area contributed by atoms with Crippen LogP contribution in [0, 0.1) is 6.92 Å². The quantitative estimate of drug-likeness (QED) is 0.914. The van der Waals surface area contributed by atoms with Crippen LogP contribution in [-0.4, -0.2) is 36.4 Å². The number of hydrogen-bond acceptors (Lipinski definition) is 3. The normalized spacial score (nSPS) is 21.2. The Labute approximate surface area is 112 Å². The lowest BCUT2D eigenvalue weighted by Gasteiger charge is -2.31. The number of nitrogens with zero attached hydrogens (tertiary/aromatic N) is 1. The molecule has 0 spiro atoms. The molecule has 0 radical (unpaired) electrons. The van der Waals surface area contributed by atoms with Crippen molar-refractivity contribution in [1.82, 2.24) is 4.31 Å². The van der Waals surface area contributed by atoms with Crippen LogP contribution in [0.2, 0.25) is 0 Å². The van der Waals surface area contributed by atoms with Crippen LogP contribution in [0.3, 0.4) is 0 Å². The molecule has 0 unspecified atom stereocenters. The van der Waals surface area contributed by atoms with Crippen molar-refractivity contribution in [1.29, 1.82) is 0 Å². The smallest absolute Gasteiger partial charge is 0.322 e.